The number of ether oxygens (including phenoxy) is 1. The molecule has 1 aromatic carbocycles. The van der Waals surface area contributed by atoms with Crippen LogP contribution in [0.4, 0.5) is 0 Å². The molecule has 2 amide bonds. The predicted molar refractivity (Wildman–Crippen MR) is 80.5 cm³/mol. The minimum Gasteiger partial charge on any atom is -0.507 e. The van der Waals surface area contributed by atoms with Gasteiger partial charge in [-0.3, -0.25) is 9.59 Å². The van der Waals surface area contributed by atoms with Crippen molar-refractivity contribution in [3.63, 3.8) is 0 Å². The van der Waals surface area contributed by atoms with Crippen LogP contribution in [0.3, 0.4) is 0 Å². The number of phenolic OH excluding ortho intramolecular Hbond substituents is 1. The van der Waals surface area contributed by atoms with Gasteiger partial charge in [-0.25, -0.2) is 0 Å². The number of hydrogen-bond acceptors (Lipinski definition) is 4. The molecule has 0 aromatic heterocycles. The van der Waals surface area contributed by atoms with Gasteiger partial charge < -0.3 is 20.1 Å². The van der Waals surface area contributed by atoms with Crippen LogP contribution in [-0.4, -0.2) is 54.7 Å². The summed E-state index contributed by atoms with van der Waals surface area (Å²) in [6.45, 7) is 0.932. The molecule has 20 heavy (non-hydrogen) atoms. The minimum absolute atomic E-state index is 0.0567. The van der Waals surface area contributed by atoms with Crippen LogP contribution in [0.15, 0.2) is 18.2 Å². The first kappa shape index (κ1) is 15.0. The number of likely N-dealkylation sites (N-methyl/N-ethyl adjacent to an activating group) is 1. The number of benzene rings is 1. The average molecular weight is 390 g/mol. The highest BCUT2D eigenvalue weighted by Crippen LogP contribution is 2.22. The van der Waals surface area contributed by atoms with Gasteiger partial charge in [-0.1, -0.05) is 0 Å². The van der Waals surface area contributed by atoms with Gasteiger partial charge in [0, 0.05) is 19.2 Å². The summed E-state index contributed by atoms with van der Waals surface area (Å²) in [7, 11) is 1.52. The molecule has 1 aromatic rings. The summed E-state index contributed by atoms with van der Waals surface area (Å²) in [5, 5.41) is 12.2. The van der Waals surface area contributed by atoms with Crippen LogP contribution in [0.25, 0.3) is 0 Å². The van der Waals surface area contributed by atoms with Gasteiger partial charge in [0.15, 0.2) is 0 Å². The zero-order chi connectivity index (χ0) is 14.7. The highest BCUT2D eigenvalue weighted by molar-refractivity contribution is 14.1. The number of aromatic hydroxyl groups is 1. The Balaban J connectivity index is 2.25. The summed E-state index contributed by atoms with van der Waals surface area (Å²) in [4.78, 5) is 25.7. The SMILES string of the molecule is CNC(=O)C1COCCN1C(=O)c1ccc(I)c(O)c1. The summed E-state index contributed by atoms with van der Waals surface area (Å²) in [5.41, 5.74) is 0.360. The third kappa shape index (κ3) is 3.04. The van der Waals surface area contributed by atoms with E-state index in [4.69, 9.17) is 4.74 Å². The van der Waals surface area contributed by atoms with Crippen LogP contribution in [0.1, 0.15) is 10.4 Å². The van der Waals surface area contributed by atoms with Crippen molar-refractivity contribution in [1.29, 1.82) is 0 Å². The van der Waals surface area contributed by atoms with Gasteiger partial charge >= 0.3 is 0 Å². The normalized spacial score (nSPS) is 18.7. The minimum atomic E-state index is -0.636. The Hall–Kier alpha value is -1.35. The second-order valence-electron chi connectivity index (χ2n) is 4.37. The van der Waals surface area contributed by atoms with E-state index < -0.39 is 6.04 Å². The molecule has 0 spiro atoms. The Labute approximate surface area is 130 Å². The van der Waals surface area contributed by atoms with Crippen molar-refractivity contribution in [2.45, 2.75) is 6.04 Å². The smallest absolute Gasteiger partial charge is 0.254 e. The lowest BCUT2D eigenvalue weighted by molar-refractivity contribution is -0.130. The molecule has 0 bridgehead atoms. The summed E-state index contributed by atoms with van der Waals surface area (Å²) in [6.07, 6.45) is 0. The quantitative estimate of drug-likeness (QED) is 0.725. The number of hydrogen-bond donors (Lipinski definition) is 2. The van der Waals surface area contributed by atoms with Crippen molar-refractivity contribution in [3.8, 4) is 5.75 Å². The average Bonchev–Trinajstić information content (AvgIpc) is 2.48. The van der Waals surface area contributed by atoms with Gasteiger partial charge in [-0.2, -0.15) is 0 Å². The zero-order valence-corrected chi connectivity index (χ0v) is 13.1. The summed E-state index contributed by atoms with van der Waals surface area (Å²) < 4.78 is 5.93. The fraction of sp³-hybridized carbons (Fsp3) is 0.385. The highest BCUT2D eigenvalue weighted by atomic mass is 127. The Bertz CT molecular complexity index is 535. The molecule has 6 nitrogen and oxygen atoms in total. The van der Waals surface area contributed by atoms with Gasteiger partial charge in [-0.05, 0) is 40.8 Å². The summed E-state index contributed by atoms with van der Waals surface area (Å²) >= 11 is 1.98. The topological polar surface area (TPSA) is 78.9 Å². The van der Waals surface area contributed by atoms with Crippen molar-refractivity contribution in [1.82, 2.24) is 10.2 Å². The molecular formula is C13H15IN2O4. The molecule has 1 aliphatic heterocycles. The van der Waals surface area contributed by atoms with E-state index in [0.29, 0.717) is 22.3 Å². The van der Waals surface area contributed by atoms with Gasteiger partial charge in [0.05, 0.1) is 16.8 Å². The molecule has 0 saturated carbocycles. The number of rotatable bonds is 2. The van der Waals surface area contributed by atoms with Gasteiger partial charge in [0.2, 0.25) is 5.91 Å². The second-order valence-corrected chi connectivity index (χ2v) is 5.53. The van der Waals surface area contributed by atoms with E-state index in [-0.39, 0.29) is 24.2 Å². The predicted octanol–water partition coefficient (Wildman–Crippen LogP) is 0.584. The third-order valence-corrected chi connectivity index (χ3v) is 4.04. The van der Waals surface area contributed by atoms with E-state index in [0.717, 1.165) is 0 Å². The maximum Gasteiger partial charge on any atom is 0.254 e. The van der Waals surface area contributed by atoms with E-state index in [1.54, 1.807) is 12.1 Å². The molecule has 1 aliphatic rings. The monoisotopic (exact) mass is 390 g/mol. The molecule has 1 atom stereocenters. The Morgan fingerprint density at radius 3 is 2.90 bits per heavy atom. The summed E-state index contributed by atoms with van der Waals surface area (Å²) in [6, 6.07) is 4.08. The summed E-state index contributed by atoms with van der Waals surface area (Å²) in [5.74, 6) is -0.484. The number of phenols is 1. The number of nitrogens with zero attached hydrogens (tertiary/aromatic N) is 1. The molecule has 0 aliphatic carbocycles. The van der Waals surface area contributed by atoms with Crippen molar-refractivity contribution in [2.24, 2.45) is 0 Å². The molecule has 1 unspecified atom stereocenters. The maximum atomic E-state index is 12.5. The Morgan fingerprint density at radius 1 is 1.50 bits per heavy atom. The van der Waals surface area contributed by atoms with Crippen molar-refractivity contribution in [3.05, 3.63) is 27.3 Å². The number of morpholine rings is 1. The van der Waals surface area contributed by atoms with Gasteiger partial charge in [0.25, 0.3) is 5.91 Å². The first-order chi connectivity index (χ1) is 9.54. The van der Waals surface area contributed by atoms with Crippen LogP contribution in [0.2, 0.25) is 0 Å². The van der Waals surface area contributed by atoms with E-state index >= 15 is 0 Å². The fourth-order valence-corrected chi connectivity index (χ4v) is 2.38. The number of amides is 2. The largest absolute Gasteiger partial charge is 0.507 e. The molecule has 1 fully saturated rings. The lowest BCUT2D eigenvalue weighted by Crippen LogP contribution is -2.55. The van der Waals surface area contributed by atoms with Gasteiger partial charge in [0.1, 0.15) is 11.8 Å². The van der Waals surface area contributed by atoms with Crippen molar-refractivity contribution >= 4 is 34.4 Å². The number of nitrogens with one attached hydrogen (secondary N) is 1. The highest BCUT2D eigenvalue weighted by Gasteiger charge is 2.32. The Kier molecular flexibility index (Phi) is 4.81. The first-order valence-electron chi connectivity index (χ1n) is 6.13. The van der Waals surface area contributed by atoms with Crippen LogP contribution < -0.4 is 5.32 Å². The van der Waals surface area contributed by atoms with Crippen molar-refractivity contribution in [2.75, 3.05) is 26.8 Å². The number of carbonyl (C=O) groups is 2. The molecule has 1 heterocycles. The molecule has 2 N–H and O–H groups in total. The molecule has 1 saturated heterocycles. The zero-order valence-electron chi connectivity index (χ0n) is 10.9. The molecule has 0 radical (unpaired) electrons. The second kappa shape index (κ2) is 6.40. The van der Waals surface area contributed by atoms with E-state index in [9.17, 15) is 14.7 Å². The van der Waals surface area contributed by atoms with Crippen LogP contribution in [-0.2, 0) is 9.53 Å². The van der Waals surface area contributed by atoms with Crippen LogP contribution >= 0.6 is 22.6 Å². The van der Waals surface area contributed by atoms with E-state index in [1.807, 2.05) is 22.6 Å². The lowest BCUT2D eigenvalue weighted by atomic mass is 10.1. The standard InChI is InChI=1S/C13H15IN2O4/c1-15-12(18)10-7-20-5-4-16(10)13(19)8-2-3-9(14)11(17)6-8/h2-3,6,10,17H,4-5,7H2,1H3,(H,15,18). The Morgan fingerprint density at radius 2 is 2.25 bits per heavy atom. The molecule has 7 heteroatoms. The molecule has 108 valence electrons. The molecule has 2 rings (SSSR count). The lowest BCUT2D eigenvalue weighted by Gasteiger charge is -2.34. The molecular weight excluding hydrogens is 375 g/mol. The van der Waals surface area contributed by atoms with E-state index in [2.05, 4.69) is 5.32 Å². The van der Waals surface area contributed by atoms with Crippen molar-refractivity contribution < 1.29 is 19.4 Å². The number of halogens is 1. The van der Waals surface area contributed by atoms with Gasteiger partial charge in [-0.15, -0.1) is 0 Å². The third-order valence-electron chi connectivity index (χ3n) is 3.13. The van der Waals surface area contributed by atoms with Crippen LogP contribution in [0.5, 0.6) is 5.75 Å². The van der Waals surface area contributed by atoms with Crippen LogP contribution in [0, 0.1) is 3.57 Å². The number of carbonyl (C=O) groups excluding carboxylic acids is 2. The fourth-order valence-electron chi connectivity index (χ4n) is 2.04. The maximum absolute atomic E-state index is 12.5. The first-order valence-corrected chi connectivity index (χ1v) is 7.21. The van der Waals surface area contributed by atoms with E-state index in [1.165, 1.54) is 18.0 Å².